The summed E-state index contributed by atoms with van der Waals surface area (Å²) in [4.78, 5) is 30.2. The highest BCUT2D eigenvalue weighted by atomic mass is 16.6. The molecule has 0 saturated heterocycles. The van der Waals surface area contributed by atoms with E-state index in [-0.39, 0.29) is 35.3 Å². The first kappa shape index (κ1) is 31.4. The molecular formula is C35H31N5O6. The summed E-state index contributed by atoms with van der Waals surface area (Å²) in [5.74, 6) is 1.15. The van der Waals surface area contributed by atoms with Crippen LogP contribution in [0, 0.1) is 28.4 Å². The number of para-hydroxylation sites is 1. The molecule has 0 bridgehead atoms. The Balaban J connectivity index is 1.63. The fraction of sp³-hybridized carbons (Fsp3) is 0.200. The number of nitriles is 1. The van der Waals surface area contributed by atoms with Gasteiger partial charge >= 0.3 is 5.69 Å². The van der Waals surface area contributed by atoms with Crippen LogP contribution in [0.25, 0.3) is 22.3 Å². The van der Waals surface area contributed by atoms with Gasteiger partial charge in [0.25, 0.3) is 5.56 Å². The average Bonchev–Trinajstić information content (AvgIpc) is 3.06. The summed E-state index contributed by atoms with van der Waals surface area (Å²) in [5.41, 5.74) is 3.43. The summed E-state index contributed by atoms with van der Waals surface area (Å²) in [7, 11) is 2.98. The number of benzene rings is 4. The number of rotatable bonds is 10. The lowest BCUT2D eigenvalue weighted by Gasteiger charge is -2.17. The summed E-state index contributed by atoms with van der Waals surface area (Å²) in [6.07, 6.45) is 1.34. The van der Waals surface area contributed by atoms with Crippen molar-refractivity contribution in [2.75, 3.05) is 14.2 Å². The fourth-order valence-electron chi connectivity index (χ4n) is 5.12. The third-order valence-electron chi connectivity index (χ3n) is 7.50. The van der Waals surface area contributed by atoms with Crippen LogP contribution in [0.3, 0.4) is 0 Å². The molecule has 4 aromatic carbocycles. The predicted molar refractivity (Wildman–Crippen MR) is 175 cm³/mol. The molecule has 0 aliphatic rings. The Kier molecular flexibility index (Phi) is 9.09. The molecule has 11 heteroatoms. The minimum atomic E-state index is -0.589. The second kappa shape index (κ2) is 13.3. The third kappa shape index (κ3) is 6.14. The van der Waals surface area contributed by atoms with Gasteiger partial charge in [0.2, 0.25) is 5.75 Å². The highest BCUT2D eigenvalue weighted by Gasteiger charge is 2.23. The largest absolute Gasteiger partial charge is 0.496 e. The molecule has 0 amide bonds. The molecule has 232 valence electrons. The van der Waals surface area contributed by atoms with Gasteiger partial charge in [-0.25, -0.2) is 4.98 Å². The number of methoxy groups -OCH3 is 2. The number of nitrogens with zero attached hydrogens (tertiary/aromatic N) is 5. The molecule has 11 nitrogen and oxygen atoms in total. The van der Waals surface area contributed by atoms with Crippen LogP contribution in [0.15, 0.2) is 82.7 Å². The van der Waals surface area contributed by atoms with Crippen molar-refractivity contribution in [3.63, 3.8) is 0 Å². The van der Waals surface area contributed by atoms with Crippen molar-refractivity contribution in [1.82, 2.24) is 9.66 Å². The van der Waals surface area contributed by atoms with Gasteiger partial charge in [0, 0.05) is 22.8 Å². The lowest BCUT2D eigenvalue weighted by molar-refractivity contribution is -0.386. The number of fused-ring (bicyclic) bond motifs is 1. The summed E-state index contributed by atoms with van der Waals surface area (Å²) in [6, 6.07) is 22.6. The zero-order chi connectivity index (χ0) is 33.0. The van der Waals surface area contributed by atoms with E-state index in [0.29, 0.717) is 33.4 Å². The zero-order valence-electron chi connectivity index (χ0n) is 26.0. The molecule has 0 radical (unpaired) electrons. The normalized spacial score (nSPS) is 11.2. The van der Waals surface area contributed by atoms with Crippen LogP contribution >= 0.6 is 0 Å². The van der Waals surface area contributed by atoms with Crippen LogP contribution in [-0.4, -0.2) is 35.0 Å². The van der Waals surface area contributed by atoms with Crippen LogP contribution in [0.1, 0.15) is 47.6 Å². The maximum atomic E-state index is 13.8. The van der Waals surface area contributed by atoms with Crippen molar-refractivity contribution in [2.45, 2.75) is 33.3 Å². The molecule has 0 aliphatic carbocycles. The van der Waals surface area contributed by atoms with E-state index in [2.05, 4.69) is 11.2 Å². The number of nitro benzene ring substituents is 1. The summed E-state index contributed by atoms with van der Waals surface area (Å²) < 4.78 is 18.1. The van der Waals surface area contributed by atoms with Crippen LogP contribution in [-0.2, 0) is 6.61 Å². The van der Waals surface area contributed by atoms with Crippen LogP contribution in [0.2, 0.25) is 0 Å². The Morgan fingerprint density at radius 2 is 1.76 bits per heavy atom. The van der Waals surface area contributed by atoms with Gasteiger partial charge in [-0.15, -0.1) is 0 Å². The number of nitro groups is 1. The third-order valence-corrected chi connectivity index (χ3v) is 7.50. The first-order chi connectivity index (χ1) is 22.2. The van der Waals surface area contributed by atoms with Gasteiger partial charge in [-0.3, -0.25) is 14.9 Å². The predicted octanol–water partition coefficient (Wildman–Crippen LogP) is 6.75. The van der Waals surface area contributed by atoms with E-state index in [0.717, 1.165) is 16.9 Å². The zero-order valence-corrected chi connectivity index (χ0v) is 26.0. The summed E-state index contributed by atoms with van der Waals surface area (Å²) >= 11 is 0. The standard InChI is InChI=1S/C35H31N5O6/c1-21(2)27-17-28(22(3)14-31(27)44-4)34-38-29-13-9-8-12-26(29)35(41)39(34)37-19-23-15-30(40(42)43)33(32(16-23)45-5)46-20-25-11-7-6-10-24(25)18-36/h6-17,19,21H,20H2,1-5H3. The average molecular weight is 618 g/mol. The number of ether oxygens (including phenoxy) is 3. The fourth-order valence-corrected chi connectivity index (χ4v) is 5.12. The van der Waals surface area contributed by atoms with Gasteiger partial charge in [0.05, 0.1) is 47.9 Å². The summed E-state index contributed by atoms with van der Waals surface area (Å²) in [6.45, 7) is 5.91. The van der Waals surface area contributed by atoms with Gasteiger partial charge in [0.15, 0.2) is 11.6 Å². The van der Waals surface area contributed by atoms with Crippen molar-refractivity contribution in [2.24, 2.45) is 5.10 Å². The van der Waals surface area contributed by atoms with Crippen molar-refractivity contribution >= 4 is 22.8 Å². The molecule has 1 aromatic heterocycles. The van der Waals surface area contributed by atoms with Crippen LogP contribution < -0.4 is 19.8 Å². The topological polar surface area (TPSA) is 142 Å². The summed E-state index contributed by atoms with van der Waals surface area (Å²) in [5, 5.41) is 26.5. The Morgan fingerprint density at radius 1 is 1.04 bits per heavy atom. The highest BCUT2D eigenvalue weighted by Crippen LogP contribution is 2.39. The SMILES string of the molecule is COc1cc(C)c(-c2nc3ccccc3c(=O)n2N=Cc2cc(OC)c(OCc3ccccc3C#N)c([N+](=O)[O-])c2)cc1C(C)C. The molecule has 5 aromatic rings. The molecule has 0 spiro atoms. The quantitative estimate of drug-likeness (QED) is 0.0951. The van der Waals surface area contributed by atoms with Crippen molar-refractivity contribution in [3.8, 4) is 34.7 Å². The second-order valence-corrected chi connectivity index (χ2v) is 10.8. The minimum Gasteiger partial charge on any atom is -0.496 e. The highest BCUT2D eigenvalue weighted by molar-refractivity contribution is 5.84. The van der Waals surface area contributed by atoms with E-state index >= 15 is 0 Å². The molecule has 0 unspecified atom stereocenters. The van der Waals surface area contributed by atoms with Crippen LogP contribution in [0.5, 0.6) is 17.2 Å². The Morgan fingerprint density at radius 3 is 2.46 bits per heavy atom. The number of aromatic nitrogens is 2. The Labute approximate surface area is 265 Å². The molecule has 1 heterocycles. The van der Waals surface area contributed by atoms with Crippen LogP contribution in [0.4, 0.5) is 5.69 Å². The van der Waals surface area contributed by atoms with Gasteiger partial charge in [-0.05, 0) is 60.4 Å². The molecule has 0 N–H and O–H groups in total. The molecule has 46 heavy (non-hydrogen) atoms. The van der Waals surface area contributed by atoms with Crippen molar-refractivity contribution < 1.29 is 19.1 Å². The van der Waals surface area contributed by atoms with E-state index in [1.807, 2.05) is 32.9 Å². The lowest BCUT2D eigenvalue weighted by Crippen LogP contribution is -2.21. The van der Waals surface area contributed by atoms with Gasteiger partial charge < -0.3 is 14.2 Å². The monoisotopic (exact) mass is 617 g/mol. The first-order valence-electron chi connectivity index (χ1n) is 14.4. The van der Waals surface area contributed by atoms with E-state index in [9.17, 15) is 20.2 Å². The molecule has 5 rings (SSSR count). The van der Waals surface area contributed by atoms with Crippen molar-refractivity contribution in [1.29, 1.82) is 5.26 Å². The minimum absolute atomic E-state index is 0.0851. The van der Waals surface area contributed by atoms with E-state index < -0.39 is 10.5 Å². The van der Waals surface area contributed by atoms with Crippen molar-refractivity contribution in [3.05, 3.63) is 121 Å². The first-order valence-corrected chi connectivity index (χ1v) is 14.4. The number of hydrogen-bond donors (Lipinski definition) is 0. The van der Waals surface area contributed by atoms with E-state index in [4.69, 9.17) is 19.2 Å². The second-order valence-electron chi connectivity index (χ2n) is 10.8. The maximum absolute atomic E-state index is 13.8. The molecular weight excluding hydrogens is 586 g/mol. The molecule has 0 fully saturated rings. The van der Waals surface area contributed by atoms with E-state index in [1.165, 1.54) is 30.1 Å². The van der Waals surface area contributed by atoms with Gasteiger partial charge in [-0.1, -0.05) is 44.2 Å². The number of hydrogen-bond acceptors (Lipinski definition) is 9. The van der Waals surface area contributed by atoms with Gasteiger partial charge in [-0.2, -0.15) is 15.0 Å². The number of aryl methyl sites for hydroxylation is 1. The molecule has 0 atom stereocenters. The molecule has 0 aliphatic heterocycles. The lowest BCUT2D eigenvalue weighted by atomic mass is 9.96. The molecule has 0 saturated carbocycles. The maximum Gasteiger partial charge on any atom is 0.315 e. The Hall–Kier alpha value is -6.02. The Bertz CT molecular complexity index is 2090. The van der Waals surface area contributed by atoms with Gasteiger partial charge in [0.1, 0.15) is 12.4 Å². The smallest absolute Gasteiger partial charge is 0.315 e. The van der Waals surface area contributed by atoms with E-state index in [1.54, 1.807) is 55.6 Å².